The first-order chi connectivity index (χ1) is 15.4. The van der Waals surface area contributed by atoms with Gasteiger partial charge in [-0.3, -0.25) is 24.0 Å². The van der Waals surface area contributed by atoms with E-state index in [1.165, 1.54) is 0 Å². The van der Waals surface area contributed by atoms with Gasteiger partial charge in [-0.1, -0.05) is 6.42 Å². The van der Waals surface area contributed by atoms with Crippen LogP contribution in [0, 0.1) is 0 Å². The van der Waals surface area contributed by atoms with Crippen LogP contribution >= 0.6 is 0 Å². The zero-order valence-corrected chi connectivity index (χ0v) is 17.9. The number of carboxylic acid groups (broad SMARTS) is 3. The number of carbonyl (C=O) groups is 6. The lowest BCUT2D eigenvalue weighted by Gasteiger charge is -2.24. The molecule has 0 bridgehead atoms. The van der Waals surface area contributed by atoms with Crippen LogP contribution in [-0.2, 0) is 28.8 Å². The fraction of sp³-hybridized carbons (Fsp3) is 0.667. The number of nitrogens with one attached hydrogen (secondary N) is 3. The van der Waals surface area contributed by atoms with Crippen LogP contribution in [0.2, 0.25) is 0 Å². The van der Waals surface area contributed by atoms with Gasteiger partial charge < -0.3 is 47.8 Å². The second-order valence-electron chi connectivity index (χ2n) is 7.13. The maximum absolute atomic E-state index is 12.6. The van der Waals surface area contributed by atoms with Gasteiger partial charge in [0.1, 0.15) is 18.1 Å². The first-order valence-electron chi connectivity index (χ1n) is 10.1. The van der Waals surface area contributed by atoms with E-state index in [4.69, 9.17) is 26.8 Å². The molecule has 11 N–H and O–H groups in total. The molecular formula is C18H31N5O10. The molecule has 0 aliphatic rings. The fourth-order valence-electron chi connectivity index (χ4n) is 2.57. The summed E-state index contributed by atoms with van der Waals surface area (Å²) in [5.74, 6) is -7.38. The number of aliphatic hydroxyl groups excluding tert-OH is 1. The summed E-state index contributed by atoms with van der Waals surface area (Å²) in [6.45, 7) is -0.590. The average molecular weight is 477 g/mol. The van der Waals surface area contributed by atoms with E-state index in [0.29, 0.717) is 19.4 Å². The molecule has 15 heteroatoms. The van der Waals surface area contributed by atoms with Gasteiger partial charge in [-0.25, -0.2) is 4.79 Å². The van der Waals surface area contributed by atoms with E-state index in [-0.39, 0.29) is 12.8 Å². The second-order valence-corrected chi connectivity index (χ2v) is 7.13. The molecule has 0 fully saturated rings. The highest BCUT2D eigenvalue weighted by Gasteiger charge is 2.31. The summed E-state index contributed by atoms with van der Waals surface area (Å²) in [6.07, 6.45) is -0.401. The molecule has 0 saturated heterocycles. The smallest absolute Gasteiger partial charge is 0.326 e. The van der Waals surface area contributed by atoms with Gasteiger partial charge >= 0.3 is 17.9 Å². The summed E-state index contributed by atoms with van der Waals surface area (Å²) in [7, 11) is 0. The molecule has 0 rings (SSSR count). The predicted octanol–water partition coefficient (Wildman–Crippen LogP) is -3.69. The summed E-state index contributed by atoms with van der Waals surface area (Å²) in [5, 5.41) is 42.3. The third-order valence-corrected chi connectivity index (χ3v) is 4.39. The Balaban J connectivity index is 5.25. The normalized spacial score (nSPS) is 14.3. The molecule has 4 unspecified atom stereocenters. The van der Waals surface area contributed by atoms with Crippen molar-refractivity contribution in [3.05, 3.63) is 0 Å². The number of hydrogen-bond acceptors (Lipinski definition) is 9. The van der Waals surface area contributed by atoms with E-state index in [1.807, 2.05) is 5.32 Å². The summed E-state index contributed by atoms with van der Waals surface area (Å²) < 4.78 is 0. The van der Waals surface area contributed by atoms with Crippen LogP contribution < -0.4 is 27.4 Å². The third kappa shape index (κ3) is 12.4. The van der Waals surface area contributed by atoms with Crippen LogP contribution in [0.25, 0.3) is 0 Å². The molecule has 0 saturated carbocycles. The summed E-state index contributed by atoms with van der Waals surface area (Å²) in [5.41, 5.74) is 11.1. The topological polar surface area (TPSA) is 271 Å². The number of nitrogens with two attached hydrogens (primary N) is 2. The molecule has 33 heavy (non-hydrogen) atoms. The van der Waals surface area contributed by atoms with E-state index >= 15 is 0 Å². The highest BCUT2D eigenvalue weighted by atomic mass is 16.4. The molecule has 0 heterocycles. The van der Waals surface area contributed by atoms with Crippen LogP contribution in [-0.4, -0.2) is 93.4 Å². The molecule has 0 aromatic rings. The largest absolute Gasteiger partial charge is 0.481 e. The van der Waals surface area contributed by atoms with E-state index < -0.39 is 79.2 Å². The molecule has 4 atom stereocenters. The number of hydrogen-bond donors (Lipinski definition) is 9. The Morgan fingerprint density at radius 3 is 1.76 bits per heavy atom. The van der Waals surface area contributed by atoms with E-state index in [9.17, 15) is 33.9 Å². The van der Waals surface area contributed by atoms with Crippen LogP contribution in [0.1, 0.15) is 38.5 Å². The maximum Gasteiger partial charge on any atom is 0.326 e. The molecule has 0 aliphatic heterocycles. The maximum atomic E-state index is 12.6. The third-order valence-electron chi connectivity index (χ3n) is 4.39. The van der Waals surface area contributed by atoms with E-state index in [0.717, 1.165) is 0 Å². The highest BCUT2D eigenvalue weighted by Crippen LogP contribution is 2.03. The molecule has 0 spiro atoms. The number of aliphatic carboxylic acids is 3. The lowest BCUT2D eigenvalue weighted by Crippen LogP contribution is -2.58. The zero-order valence-electron chi connectivity index (χ0n) is 17.9. The quantitative estimate of drug-likeness (QED) is 0.0916. The summed E-state index contributed by atoms with van der Waals surface area (Å²) in [6, 6.07) is -5.95. The first kappa shape index (κ1) is 29.7. The monoisotopic (exact) mass is 477 g/mol. The number of rotatable bonds is 17. The van der Waals surface area contributed by atoms with Crippen LogP contribution in [0.3, 0.4) is 0 Å². The van der Waals surface area contributed by atoms with Gasteiger partial charge in [0.15, 0.2) is 0 Å². The Morgan fingerprint density at radius 1 is 0.727 bits per heavy atom. The SMILES string of the molecule is NCCCCC(N)C(=O)NC(CCC(=O)O)C(=O)NC(CO)C(=O)NC(CC(=O)O)C(=O)O. The number of amides is 3. The average Bonchev–Trinajstić information content (AvgIpc) is 2.73. The van der Waals surface area contributed by atoms with Crippen molar-refractivity contribution in [2.75, 3.05) is 13.2 Å². The molecular weight excluding hydrogens is 446 g/mol. The Morgan fingerprint density at radius 2 is 1.27 bits per heavy atom. The number of carboxylic acids is 3. The minimum Gasteiger partial charge on any atom is -0.481 e. The van der Waals surface area contributed by atoms with Crippen LogP contribution in [0.4, 0.5) is 0 Å². The lowest BCUT2D eigenvalue weighted by molar-refractivity contribution is -0.147. The Hall–Kier alpha value is -3.30. The number of aliphatic hydroxyl groups is 1. The summed E-state index contributed by atoms with van der Waals surface area (Å²) in [4.78, 5) is 69.8. The van der Waals surface area contributed by atoms with Gasteiger partial charge in [0.2, 0.25) is 17.7 Å². The Labute approximate surface area is 188 Å². The Bertz CT molecular complexity index is 717. The van der Waals surface area contributed by atoms with E-state index in [1.54, 1.807) is 0 Å². The van der Waals surface area contributed by atoms with Crippen molar-refractivity contribution in [3.63, 3.8) is 0 Å². The van der Waals surface area contributed by atoms with Crippen molar-refractivity contribution in [2.24, 2.45) is 11.5 Å². The van der Waals surface area contributed by atoms with Gasteiger partial charge in [-0.05, 0) is 25.8 Å². The van der Waals surface area contributed by atoms with Gasteiger partial charge in [-0.15, -0.1) is 0 Å². The second kappa shape index (κ2) is 15.5. The molecule has 188 valence electrons. The van der Waals surface area contributed by atoms with Crippen molar-refractivity contribution in [1.82, 2.24) is 16.0 Å². The molecule has 0 aromatic heterocycles. The standard InChI is InChI=1S/C18H31N5O10/c19-6-2-1-3-9(20)15(29)21-10(4-5-13(25)26)16(30)23-12(8-24)17(31)22-11(18(32)33)7-14(27)28/h9-12,24H,1-8,19-20H2,(H,21,29)(H,22,31)(H,23,30)(H,25,26)(H,27,28)(H,32,33). The van der Waals surface area contributed by atoms with E-state index in [2.05, 4.69) is 10.6 Å². The van der Waals surface area contributed by atoms with Gasteiger partial charge in [-0.2, -0.15) is 0 Å². The molecule has 0 aliphatic carbocycles. The number of carbonyl (C=O) groups excluding carboxylic acids is 3. The summed E-state index contributed by atoms with van der Waals surface area (Å²) >= 11 is 0. The zero-order chi connectivity index (χ0) is 25.6. The van der Waals surface area contributed by atoms with Gasteiger partial charge in [0.25, 0.3) is 0 Å². The fourth-order valence-corrected chi connectivity index (χ4v) is 2.57. The molecule has 3 amide bonds. The highest BCUT2D eigenvalue weighted by molar-refractivity contribution is 5.94. The molecule has 0 aromatic carbocycles. The Kier molecular flexibility index (Phi) is 13.9. The van der Waals surface area contributed by atoms with Crippen LogP contribution in [0.15, 0.2) is 0 Å². The van der Waals surface area contributed by atoms with Crippen molar-refractivity contribution in [2.45, 2.75) is 62.7 Å². The molecule has 15 nitrogen and oxygen atoms in total. The first-order valence-corrected chi connectivity index (χ1v) is 10.1. The van der Waals surface area contributed by atoms with Crippen LogP contribution in [0.5, 0.6) is 0 Å². The van der Waals surface area contributed by atoms with Gasteiger partial charge in [0, 0.05) is 6.42 Å². The number of unbranched alkanes of at least 4 members (excludes halogenated alkanes) is 1. The minimum atomic E-state index is -1.82. The van der Waals surface area contributed by atoms with Crippen molar-refractivity contribution < 1.29 is 49.2 Å². The predicted molar refractivity (Wildman–Crippen MR) is 111 cm³/mol. The molecule has 0 radical (unpaired) electrons. The minimum absolute atomic E-state index is 0.262. The van der Waals surface area contributed by atoms with Crippen molar-refractivity contribution in [1.29, 1.82) is 0 Å². The lowest BCUT2D eigenvalue weighted by atomic mass is 10.1. The van der Waals surface area contributed by atoms with Gasteiger partial charge in [0.05, 0.1) is 19.1 Å². The van der Waals surface area contributed by atoms with Crippen molar-refractivity contribution >= 4 is 35.6 Å². The van der Waals surface area contributed by atoms with Crippen molar-refractivity contribution in [3.8, 4) is 0 Å².